The van der Waals surface area contributed by atoms with Crippen LogP contribution in [0.5, 0.6) is 0 Å². The number of carbonyl (C=O) groups excluding carboxylic acids is 1. The second-order valence-electron chi connectivity index (χ2n) is 7.30. The van der Waals surface area contributed by atoms with Crippen molar-refractivity contribution in [2.24, 2.45) is 0 Å². The maximum Gasteiger partial charge on any atom is 0.241 e. The predicted octanol–water partition coefficient (Wildman–Crippen LogP) is 3.81. The highest BCUT2D eigenvalue weighted by Crippen LogP contribution is 2.25. The van der Waals surface area contributed by atoms with Crippen molar-refractivity contribution in [2.75, 3.05) is 36.4 Å². The third-order valence-electron chi connectivity index (χ3n) is 5.43. The minimum atomic E-state index is -0.271. The van der Waals surface area contributed by atoms with Crippen LogP contribution < -0.4 is 10.2 Å². The predicted molar refractivity (Wildman–Crippen MR) is 117 cm³/mol. The zero-order valence-electron chi connectivity index (χ0n) is 16.6. The summed E-state index contributed by atoms with van der Waals surface area (Å²) in [4.78, 5) is 21.1. The van der Waals surface area contributed by atoms with Gasteiger partial charge in [0.25, 0.3) is 0 Å². The maximum absolute atomic E-state index is 13.1. The Morgan fingerprint density at radius 2 is 1.87 bits per heavy atom. The van der Waals surface area contributed by atoms with E-state index in [0.29, 0.717) is 10.7 Å². The Kier molecular flexibility index (Phi) is 6.01. The molecule has 2 heterocycles. The number of nitrogens with zero attached hydrogens (tertiary/aromatic N) is 4. The van der Waals surface area contributed by atoms with Gasteiger partial charge >= 0.3 is 0 Å². The molecule has 1 aliphatic rings. The molecule has 3 aromatic rings. The van der Waals surface area contributed by atoms with Crippen LogP contribution in [0.4, 0.5) is 15.8 Å². The molecule has 1 aromatic heterocycles. The van der Waals surface area contributed by atoms with Gasteiger partial charge in [-0.3, -0.25) is 9.69 Å². The third kappa shape index (κ3) is 4.47. The van der Waals surface area contributed by atoms with E-state index in [1.807, 2.05) is 29.8 Å². The minimum absolute atomic E-state index is 0.0725. The first kappa shape index (κ1) is 20.4. The number of carbonyl (C=O) groups is 1. The quantitative estimate of drug-likeness (QED) is 0.672. The topological polar surface area (TPSA) is 53.4 Å². The van der Waals surface area contributed by atoms with Crippen molar-refractivity contribution < 1.29 is 9.18 Å². The van der Waals surface area contributed by atoms with Crippen LogP contribution in [0.3, 0.4) is 0 Å². The number of piperazine rings is 1. The van der Waals surface area contributed by atoms with Gasteiger partial charge in [-0.2, -0.15) is 0 Å². The molecule has 1 amide bonds. The molecule has 8 heteroatoms. The average Bonchev–Trinajstić information content (AvgIpc) is 3.28. The Bertz CT molecular complexity index is 1000. The number of anilines is 2. The fourth-order valence-corrected chi connectivity index (χ4v) is 3.91. The molecule has 30 heavy (non-hydrogen) atoms. The summed E-state index contributed by atoms with van der Waals surface area (Å²) in [6, 6.07) is 11.7. The molecule has 0 spiro atoms. The van der Waals surface area contributed by atoms with Crippen molar-refractivity contribution in [3.8, 4) is 5.69 Å². The van der Waals surface area contributed by atoms with E-state index < -0.39 is 0 Å². The number of rotatable bonds is 5. The van der Waals surface area contributed by atoms with E-state index in [4.69, 9.17) is 11.6 Å². The Hall–Kier alpha value is -2.90. The van der Waals surface area contributed by atoms with Crippen LogP contribution in [0.25, 0.3) is 5.69 Å². The Labute approximate surface area is 179 Å². The fraction of sp³-hybridized carbons (Fsp3) is 0.273. The molecular weight excluding hydrogens is 405 g/mol. The van der Waals surface area contributed by atoms with Crippen LogP contribution in [0, 0.1) is 5.82 Å². The lowest BCUT2D eigenvalue weighted by Gasteiger charge is -2.38. The van der Waals surface area contributed by atoms with Gasteiger partial charge in [0.1, 0.15) is 5.82 Å². The second kappa shape index (κ2) is 8.85. The van der Waals surface area contributed by atoms with E-state index in [0.717, 1.165) is 37.6 Å². The van der Waals surface area contributed by atoms with Crippen LogP contribution in [0.2, 0.25) is 5.02 Å². The average molecular weight is 428 g/mol. The number of hydrogen-bond acceptors (Lipinski definition) is 4. The standard InChI is InChI=1S/C22H23ClFN5O/c1-16(27-10-12-28(13-11-27)19-5-2-17(24)3-6-19)22(30)26-18-4-7-21(20(23)14-18)29-9-8-25-15-29/h2-9,14-16H,10-13H2,1H3,(H,26,30). The summed E-state index contributed by atoms with van der Waals surface area (Å²) in [5.74, 6) is -0.308. The minimum Gasteiger partial charge on any atom is -0.369 e. The number of halogens is 2. The van der Waals surface area contributed by atoms with Gasteiger partial charge in [0.2, 0.25) is 5.91 Å². The zero-order chi connectivity index (χ0) is 21.1. The van der Waals surface area contributed by atoms with Gasteiger partial charge in [-0.25, -0.2) is 9.37 Å². The number of hydrogen-bond donors (Lipinski definition) is 1. The molecule has 0 radical (unpaired) electrons. The molecule has 1 unspecified atom stereocenters. The molecule has 1 fully saturated rings. The number of benzene rings is 2. The summed E-state index contributed by atoms with van der Waals surface area (Å²) in [6.07, 6.45) is 5.17. The van der Waals surface area contributed by atoms with Gasteiger partial charge in [0.15, 0.2) is 0 Å². The van der Waals surface area contributed by atoms with Gasteiger partial charge in [-0.15, -0.1) is 0 Å². The molecule has 4 rings (SSSR count). The molecular formula is C22H23ClFN5O. The lowest BCUT2D eigenvalue weighted by atomic mass is 10.2. The normalized spacial score (nSPS) is 15.8. The molecule has 0 bridgehead atoms. The Balaban J connectivity index is 1.34. The van der Waals surface area contributed by atoms with Gasteiger partial charge in [-0.05, 0) is 49.4 Å². The number of amides is 1. The molecule has 1 aliphatic heterocycles. The lowest BCUT2D eigenvalue weighted by Crippen LogP contribution is -2.52. The molecule has 1 saturated heterocycles. The maximum atomic E-state index is 13.1. The van der Waals surface area contributed by atoms with Crippen LogP contribution in [0.1, 0.15) is 6.92 Å². The summed E-state index contributed by atoms with van der Waals surface area (Å²) in [7, 11) is 0. The molecule has 1 atom stereocenters. The SMILES string of the molecule is CC(C(=O)Nc1ccc(-n2ccnc2)c(Cl)c1)N1CCN(c2ccc(F)cc2)CC1. The van der Waals surface area contributed by atoms with Gasteiger partial charge in [0, 0.05) is 49.9 Å². The highest BCUT2D eigenvalue weighted by atomic mass is 35.5. The fourth-order valence-electron chi connectivity index (χ4n) is 3.63. The van der Waals surface area contributed by atoms with E-state index in [9.17, 15) is 9.18 Å². The van der Waals surface area contributed by atoms with Crippen molar-refractivity contribution in [2.45, 2.75) is 13.0 Å². The van der Waals surface area contributed by atoms with E-state index in [-0.39, 0.29) is 17.8 Å². The molecule has 0 saturated carbocycles. The molecule has 6 nitrogen and oxygen atoms in total. The highest BCUT2D eigenvalue weighted by Gasteiger charge is 2.26. The van der Waals surface area contributed by atoms with E-state index >= 15 is 0 Å². The summed E-state index contributed by atoms with van der Waals surface area (Å²) < 4.78 is 14.9. The monoisotopic (exact) mass is 427 g/mol. The van der Waals surface area contributed by atoms with Crippen LogP contribution in [-0.2, 0) is 4.79 Å². The van der Waals surface area contributed by atoms with Gasteiger partial charge in [-0.1, -0.05) is 11.6 Å². The lowest BCUT2D eigenvalue weighted by molar-refractivity contribution is -0.120. The van der Waals surface area contributed by atoms with Crippen molar-refractivity contribution in [3.05, 3.63) is 72.0 Å². The first-order valence-electron chi connectivity index (χ1n) is 9.84. The van der Waals surface area contributed by atoms with Crippen molar-refractivity contribution >= 4 is 28.9 Å². The largest absolute Gasteiger partial charge is 0.369 e. The smallest absolute Gasteiger partial charge is 0.241 e. The first-order valence-corrected chi connectivity index (χ1v) is 10.2. The number of imidazole rings is 1. The van der Waals surface area contributed by atoms with Crippen LogP contribution in [0.15, 0.2) is 61.2 Å². The summed E-state index contributed by atoms with van der Waals surface area (Å²) in [5.41, 5.74) is 2.46. The third-order valence-corrected chi connectivity index (χ3v) is 5.73. The van der Waals surface area contributed by atoms with E-state index in [2.05, 4.69) is 20.1 Å². The van der Waals surface area contributed by atoms with E-state index in [1.165, 1.54) is 12.1 Å². The van der Waals surface area contributed by atoms with Gasteiger partial charge < -0.3 is 14.8 Å². The van der Waals surface area contributed by atoms with E-state index in [1.54, 1.807) is 30.7 Å². The highest BCUT2D eigenvalue weighted by molar-refractivity contribution is 6.32. The van der Waals surface area contributed by atoms with Crippen LogP contribution >= 0.6 is 11.6 Å². The molecule has 156 valence electrons. The van der Waals surface area contributed by atoms with Crippen molar-refractivity contribution in [1.82, 2.24) is 14.5 Å². The van der Waals surface area contributed by atoms with Crippen LogP contribution in [-0.4, -0.2) is 52.6 Å². The number of nitrogens with one attached hydrogen (secondary N) is 1. The zero-order valence-corrected chi connectivity index (χ0v) is 17.4. The summed E-state index contributed by atoms with van der Waals surface area (Å²) in [5, 5.41) is 3.49. The number of aromatic nitrogens is 2. The Morgan fingerprint density at radius 3 is 2.50 bits per heavy atom. The summed E-state index contributed by atoms with van der Waals surface area (Å²) in [6.45, 7) is 4.99. The first-order chi connectivity index (χ1) is 14.5. The molecule has 2 aromatic carbocycles. The molecule has 1 N–H and O–H groups in total. The van der Waals surface area contributed by atoms with Gasteiger partial charge in [0.05, 0.1) is 23.1 Å². The Morgan fingerprint density at radius 1 is 1.13 bits per heavy atom. The molecule has 0 aliphatic carbocycles. The van der Waals surface area contributed by atoms with Crippen molar-refractivity contribution in [3.63, 3.8) is 0 Å². The summed E-state index contributed by atoms with van der Waals surface area (Å²) >= 11 is 6.38. The second-order valence-corrected chi connectivity index (χ2v) is 7.71. The van der Waals surface area contributed by atoms with Crippen molar-refractivity contribution in [1.29, 1.82) is 0 Å².